The Kier molecular flexibility index (Phi) is 5.33. The summed E-state index contributed by atoms with van der Waals surface area (Å²) in [5.41, 5.74) is 0.636. The van der Waals surface area contributed by atoms with E-state index in [1.54, 1.807) is 31.1 Å². The molecule has 0 bridgehead atoms. The summed E-state index contributed by atoms with van der Waals surface area (Å²) in [7, 11) is 3.59. The van der Waals surface area contributed by atoms with E-state index in [-0.39, 0.29) is 11.7 Å². The Hall–Kier alpha value is -2.14. The molecule has 0 aliphatic heterocycles. The summed E-state index contributed by atoms with van der Waals surface area (Å²) in [4.78, 5) is 14.2. The molecule has 1 aromatic carbocycles. The molecule has 0 radical (unpaired) electrons. The van der Waals surface area contributed by atoms with Crippen LogP contribution in [0.1, 0.15) is 23.1 Å². The summed E-state index contributed by atoms with van der Waals surface area (Å²) in [5, 5.41) is 2.88. The number of halogens is 1. The first kappa shape index (κ1) is 16.2. The van der Waals surface area contributed by atoms with Crippen molar-refractivity contribution in [2.24, 2.45) is 0 Å². The van der Waals surface area contributed by atoms with Crippen LogP contribution >= 0.6 is 0 Å². The molecule has 0 saturated heterocycles. The molecule has 22 heavy (non-hydrogen) atoms. The highest BCUT2D eigenvalue weighted by molar-refractivity contribution is 5.83. The van der Waals surface area contributed by atoms with E-state index in [9.17, 15) is 9.18 Å². The van der Waals surface area contributed by atoms with Crippen LogP contribution in [0.15, 0.2) is 40.8 Å². The number of furan rings is 1. The molecule has 1 amide bonds. The molecule has 5 heteroatoms. The average molecular weight is 304 g/mol. The Balaban J connectivity index is 1.98. The summed E-state index contributed by atoms with van der Waals surface area (Å²) in [6.45, 7) is 2.36. The zero-order chi connectivity index (χ0) is 16.1. The number of aryl methyl sites for hydroxylation is 1. The van der Waals surface area contributed by atoms with Gasteiger partial charge in [-0.2, -0.15) is 0 Å². The van der Waals surface area contributed by atoms with Crippen molar-refractivity contribution in [1.29, 1.82) is 0 Å². The van der Waals surface area contributed by atoms with E-state index in [0.717, 1.165) is 11.5 Å². The van der Waals surface area contributed by atoms with Crippen LogP contribution in [-0.2, 0) is 11.2 Å². The van der Waals surface area contributed by atoms with Gasteiger partial charge in [-0.25, -0.2) is 4.39 Å². The van der Waals surface area contributed by atoms with Gasteiger partial charge in [-0.05, 0) is 50.8 Å². The quantitative estimate of drug-likeness (QED) is 0.892. The van der Waals surface area contributed by atoms with Gasteiger partial charge in [-0.3, -0.25) is 9.69 Å². The van der Waals surface area contributed by atoms with Crippen LogP contribution < -0.4 is 5.32 Å². The Bertz CT molecular complexity index is 637. The first-order chi connectivity index (χ1) is 10.5. The van der Waals surface area contributed by atoms with Crippen molar-refractivity contribution in [3.8, 4) is 0 Å². The second kappa shape index (κ2) is 7.22. The number of rotatable bonds is 6. The van der Waals surface area contributed by atoms with Gasteiger partial charge in [0.2, 0.25) is 5.91 Å². The van der Waals surface area contributed by atoms with Crippen LogP contribution in [0.3, 0.4) is 0 Å². The highest BCUT2D eigenvalue weighted by atomic mass is 19.1. The molecular formula is C17H21FN2O2. The minimum atomic E-state index is -0.519. The smallest absolute Gasteiger partial charge is 0.241 e. The molecule has 0 saturated carbocycles. The predicted molar refractivity (Wildman–Crippen MR) is 83.0 cm³/mol. The van der Waals surface area contributed by atoms with Crippen LogP contribution in [0, 0.1) is 12.7 Å². The number of carbonyl (C=O) groups is 1. The molecule has 2 aromatic rings. The first-order valence-electron chi connectivity index (χ1n) is 7.22. The van der Waals surface area contributed by atoms with Gasteiger partial charge in [0.05, 0.1) is 0 Å². The average Bonchev–Trinajstić information content (AvgIpc) is 2.84. The number of hydrogen-bond acceptors (Lipinski definition) is 3. The molecule has 4 nitrogen and oxygen atoms in total. The number of nitrogens with one attached hydrogen (secondary N) is 1. The molecule has 1 atom stereocenters. The van der Waals surface area contributed by atoms with Gasteiger partial charge in [-0.1, -0.05) is 12.1 Å². The maximum Gasteiger partial charge on any atom is 0.241 e. The lowest BCUT2D eigenvalue weighted by Crippen LogP contribution is -2.37. The second-order valence-corrected chi connectivity index (χ2v) is 5.47. The van der Waals surface area contributed by atoms with E-state index in [0.29, 0.717) is 18.5 Å². The maximum absolute atomic E-state index is 13.4. The number of benzene rings is 1. The van der Waals surface area contributed by atoms with Crippen molar-refractivity contribution in [3.63, 3.8) is 0 Å². The van der Waals surface area contributed by atoms with Crippen LogP contribution in [0.5, 0.6) is 0 Å². The number of carbonyl (C=O) groups excluding carboxylic acids is 1. The standard InChI is InChI=1S/C17H21FN2O2/c1-12-7-8-15(22-12)9-10-19-17(21)16(20(2)3)13-5-4-6-14(18)11-13/h4-8,11,16H,9-10H2,1-3H3,(H,19,21)/t16-/m0/s1. The topological polar surface area (TPSA) is 45.5 Å². The fraction of sp³-hybridized carbons (Fsp3) is 0.353. The fourth-order valence-electron chi connectivity index (χ4n) is 2.39. The lowest BCUT2D eigenvalue weighted by atomic mass is 10.1. The van der Waals surface area contributed by atoms with Crippen molar-refractivity contribution in [3.05, 3.63) is 59.3 Å². The lowest BCUT2D eigenvalue weighted by molar-refractivity contribution is -0.125. The van der Waals surface area contributed by atoms with Gasteiger partial charge in [0.25, 0.3) is 0 Å². The molecule has 0 unspecified atom stereocenters. The lowest BCUT2D eigenvalue weighted by Gasteiger charge is -2.23. The monoisotopic (exact) mass is 304 g/mol. The van der Waals surface area contributed by atoms with Gasteiger partial charge in [0.1, 0.15) is 23.4 Å². The van der Waals surface area contributed by atoms with E-state index >= 15 is 0 Å². The van der Waals surface area contributed by atoms with E-state index < -0.39 is 6.04 Å². The molecule has 0 spiro atoms. The van der Waals surface area contributed by atoms with Crippen LogP contribution in [0.2, 0.25) is 0 Å². The minimum absolute atomic E-state index is 0.154. The van der Waals surface area contributed by atoms with Crippen molar-refractivity contribution < 1.29 is 13.6 Å². The van der Waals surface area contributed by atoms with Gasteiger partial charge < -0.3 is 9.73 Å². The van der Waals surface area contributed by atoms with Crippen LogP contribution in [0.25, 0.3) is 0 Å². The third-order valence-electron chi connectivity index (χ3n) is 3.40. The third kappa shape index (κ3) is 4.18. The first-order valence-corrected chi connectivity index (χ1v) is 7.22. The molecule has 1 heterocycles. The van der Waals surface area contributed by atoms with Crippen molar-refractivity contribution in [2.75, 3.05) is 20.6 Å². The summed E-state index contributed by atoms with van der Waals surface area (Å²) in [6, 6.07) is 9.40. The van der Waals surface area contributed by atoms with Gasteiger partial charge >= 0.3 is 0 Å². The minimum Gasteiger partial charge on any atom is -0.466 e. The molecule has 0 aliphatic carbocycles. The number of likely N-dealkylation sites (N-methyl/N-ethyl adjacent to an activating group) is 1. The molecule has 2 rings (SSSR count). The van der Waals surface area contributed by atoms with E-state index in [2.05, 4.69) is 5.32 Å². The number of hydrogen-bond donors (Lipinski definition) is 1. The van der Waals surface area contributed by atoms with Gasteiger partial charge in [0.15, 0.2) is 0 Å². The van der Waals surface area contributed by atoms with Crippen molar-refractivity contribution in [2.45, 2.75) is 19.4 Å². The van der Waals surface area contributed by atoms with Gasteiger partial charge in [0, 0.05) is 13.0 Å². The van der Waals surface area contributed by atoms with E-state index in [4.69, 9.17) is 4.42 Å². The van der Waals surface area contributed by atoms with Crippen LogP contribution in [-0.4, -0.2) is 31.4 Å². The van der Waals surface area contributed by atoms with Crippen molar-refractivity contribution >= 4 is 5.91 Å². The molecule has 0 fully saturated rings. The highest BCUT2D eigenvalue weighted by Crippen LogP contribution is 2.19. The summed E-state index contributed by atoms with van der Waals surface area (Å²) >= 11 is 0. The van der Waals surface area contributed by atoms with E-state index in [1.165, 1.54) is 12.1 Å². The van der Waals surface area contributed by atoms with E-state index in [1.807, 2.05) is 19.1 Å². The fourth-order valence-corrected chi connectivity index (χ4v) is 2.39. The zero-order valence-corrected chi connectivity index (χ0v) is 13.1. The predicted octanol–water partition coefficient (Wildman–Crippen LogP) is 2.69. The normalized spacial score (nSPS) is 12.4. The van der Waals surface area contributed by atoms with Crippen LogP contribution in [0.4, 0.5) is 4.39 Å². The van der Waals surface area contributed by atoms with Crippen molar-refractivity contribution in [1.82, 2.24) is 10.2 Å². The summed E-state index contributed by atoms with van der Waals surface area (Å²) in [6.07, 6.45) is 0.628. The Labute approximate surface area is 129 Å². The Morgan fingerprint density at radius 2 is 2.09 bits per heavy atom. The molecule has 0 aliphatic rings. The van der Waals surface area contributed by atoms with Gasteiger partial charge in [-0.15, -0.1) is 0 Å². The molecule has 1 aromatic heterocycles. The Morgan fingerprint density at radius 1 is 1.32 bits per heavy atom. The summed E-state index contributed by atoms with van der Waals surface area (Å²) < 4.78 is 18.8. The number of amides is 1. The molecular weight excluding hydrogens is 283 g/mol. The molecule has 1 N–H and O–H groups in total. The maximum atomic E-state index is 13.4. The summed E-state index contributed by atoms with van der Waals surface area (Å²) in [5.74, 6) is 1.19. The SMILES string of the molecule is Cc1ccc(CCNC(=O)[C@H](c2cccc(F)c2)N(C)C)o1. The third-order valence-corrected chi connectivity index (χ3v) is 3.40. The molecule has 118 valence electrons. The zero-order valence-electron chi connectivity index (χ0n) is 13.1. The second-order valence-electron chi connectivity index (χ2n) is 5.47. The number of nitrogens with zero attached hydrogens (tertiary/aromatic N) is 1. The largest absolute Gasteiger partial charge is 0.466 e. The Morgan fingerprint density at radius 3 is 2.68 bits per heavy atom. The highest BCUT2D eigenvalue weighted by Gasteiger charge is 2.22.